The number of likely N-dealkylation sites (tertiary alicyclic amines) is 2. The Balaban J connectivity index is 1.43. The van der Waals surface area contributed by atoms with Crippen LogP contribution in [-0.4, -0.2) is 34.3 Å². The normalized spacial score (nSPS) is 20.2. The van der Waals surface area contributed by atoms with Gasteiger partial charge in [-0.15, -0.1) is 0 Å². The Kier molecular flexibility index (Phi) is 4.62. The molecule has 3 heterocycles. The van der Waals surface area contributed by atoms with Gasteiger partial charge in [0.15, 0.2) is 0 Å². The summed E-state index contributed by atoms with van der Waals surface area (Å²) in [7, 11) is 0. The predicted molar refractivity (Wildman–Crippen MR) is 102 cm³/mol. The zero-order valence-corrected chi connectivity index (χ0v) is 15.8. The van der Waals surface area contributed by atoms with Gasteiger partial charge in [-0.2, -0.15) is 0 Å². The number of hydrogen-bond donors (Lipinski definition) is 0. The van der Waals surface area contributed by atoms with Crippen molar-refractivity contribution in [1.29, 1.82) is 0 Å². The fraction of sp³-hybridized carbons (Fsp3) is 0.500. The van der Waals surface area contributed by atoms with Crippen LogP contribution < -0.4 is 0 Å². The van der Waals surface area contributed by atoms with Gasteiger partial charge >= 0.3 is 0 Å². The molecule has 4 nitrogen and oxygen atoms in total. The summed E-state index contributed by atoms with van der Waals surface area (Å²) in [4.78, 5) is 17.2. The lowest BCUT2D eigenvalue weighted by molar-refractivity contribution is -0.133. The van der Waals surface area contributed by atoms with Crippen molar-refractivity contribution in [2.24, 2.45) is 0 Å². The molecule has 0 saturated carbocycles. The molecule has 0 N–H and O–H groups in total. The number of piperidine rings is 1. The lowest BCUT2D eigenvalue weighted by atomic mass is 9.84. The van der Waals surface area contributed by atoms with E-state index in [-0.39, 0.29) is 5.54 Å². The van der Waals surface area contributed by atoms with Crippen LogP contribution >= 0.6 is 0 Å². The number of amides is 1. The number of furan rings is 1. The van der Waals surface area contributed by atoms with E-state index in [2.05, 4.69) is 47.1 Å². The van der Waals surface area contributed by atoms with Gasteiger partial charge in [0, 0.05) is 31.6 Å². The number of nitrogens with zero attached hydrogens (tertiary/aromatic N) is 2. The Hall–Kier alpha value is -2.07. The molecule has 4 rings (SSSR count). The van der Waals surface area contributed by atoms with Crippen molar-refractivity contribution in [1.82, 2.24) is 9.80 Å². The van der Waals surface area contributed by atoms with Crippen LogP contribution in [0.5, 0.6) is 0 Å². The van der Waals surface area contributed by atoms with Crippen LogP contribution in [0.4, 0.5) is 0 Å². The van der Waals surface area contributed by atoms with Crippen molar-refractivity contribution in [3.8, 4) is 0 Å². The molecule has 2 saturated heterocycles. The van der Waals surface area contributed by atoms with Crippen LogP contribution in [0, 0.1) is 13.8 Å². The highest BCUT2D eigenvalue weighted by atomic mass is 16.3. The summed E-state index contributed by atoms with van der Waals surface area (Å²) < 4.78 is 5.73. The van der Waals surface area contributed by atoms with Crippen molar-refractivity contribution >= 4 is 5.91 Å². The molecule has 2 aliphatic rings. The summed E-state index contributed by atoms with van der Waals surface area (Å²) >= 11 is 0. The van der Waals surface area contributed by atoms with Gasteiger partial charge in [-0.05, 0) is 50.8 Å². The minimum atomic E-state index is 0.0520. The fourth-order valence-corrected chi connectivity index (χ4v) is 4.56. The first-order chi connectivity index (χ1) is 12.5. The van der Waals surface area contributed by atoms with E-state index in [4.69, 9.17) is 4.42 Å². The van der Waals surface area contributed by atoms with Crippen molar-refractivity contribution in [3.63, 3.8) is 0 Å². The van der Waals surface area contributed by atoms with E-state index in [0.29, 0.717) is 12.3 Å². The second-order valence-corrected chi connectivity index (χ2v) is 7.98. The second kappa shape index (κ2) is 6.92. The number of carbonyl (C=O) groups excluding carboxylic acids is 1. The zero-order valence-electron chi connectivity index (χ0n) is 15.8. The van der Waals surface area contributed by atoms with Crippen molar-refractivity contribution in [2.75, 3.05) is 13.1 Å². The Morgan fingerprint density at radius 1 is 1.04 bits per heavy atom. The topological polar surface area (TPSA) is 36.7 Å². The molecule has 1 aromatic carbocycles. The maximum atomic E-state index is 12.6. The Bertz CT molecular complexity index is 787. The second-order valence-electron chi connectivity index (χ2n) is 7.98. The summed E-state index contributed by atoms with van der Waals surface area (Å²) in [6, 6.07) is 12.6. The number of rotatable bonds is 4. The molecule has 0 radical (unpaired) electrons. The minimum Gasteiger partial charge on any atom is -0.465 e. The van der Waals surface area contributed by atoms with E-state index in [1.54, 1.807) is 0 Å². The lowest BCUT2D eigenvalue weighted by Crippen LogP contribution is -2.52. The Morgan fingerprint density at radius 2 is 1.85 bits per heavy atom. The average molecular weight is 352 g/mol. The van der Waals surface area contributed by atoms with Crippen molar-refractivity contribution in [2.45, 2.75) is 58.2 Å². The van der Waals surface area contributed by atoms with Gasteiger partial charge in [0.1, 0.15) is 11.5 Å². The molecule has 0 unspecified atom stereocenters. The van der Waals surface area contributed by atoms with Crippen molar-refractivity contribution < 1.29 is 9.21 Å². The van der Waals surface area contributed by atoms with Crippen LogP contribution in [0.1, 0.15) is 48.3 Å². The Labute approximate surface area is 155 Å². The summed E-state index contributed by atoms with van der Waals surface area (Å²) in [5.74, 6) is 2.33. The van der Waals surface area contributed by atoms with Crippen LogP contribution in [0.2, 0.25) is 0 Å². The molecular weight excluding hydrogens is 324 g/mol. The predicted octanol–water partition coefficient (Wildman–Crippen LogP) is 4.05. The SMILES string of the molecule is Cc1cccc(CN2C(=O)CCC23CCN(Cc2ccc(C)o2)CC3)c1. The first-order valence-corrected chi connectivity index (χ1v) is 9.68. The summed E-state index contributed by atoms with van der Waals surface area (Å²) in [6.45, 7) is 7.77. The molecule has 4 heteroatoms. The first kappa shape index (κ1) is 17.3. The number of benzene rings is 1. The lowest BCUT2D eigenvalue weighted by Gasteiger charge is -2.45. The zero-order chi connectivity index (χ0) is 18.1. The molecule has 0 aliphatic carbocycles. The van der Waals surface area contributed by atoms with Gasteiger partial charge in [0.2, 0.25) is 5.91 Å². The highest BCUT2D eigenvalue weighted by Gasteiger charge is 2.46. The van der Waals surface area contributed by atoms with Gasteiger partial charge in [0.25, 0.3) is 0 Å². The number of aryl methyl sites for hydroxylation is 2. The van der Waals surface area contributed by atoms with Gasteiger partial charge < -0.3 is 9.32 Å². The molecule has 2 aromatic rings. The van der Waals surface area contributed by atoms with E-state index in [9.17, 15) is 4.79 Å². The number of hydrogen-bond acceptors (Lipinski definition) is 3. The summed E-state index contributed by atoms with van der Waals surface area (Å²) in [5, 5.41) is 0. The largest absolute Gasteiger partial charge is 0.465 e. The third-order valence-corrected chi connectivity index (χ3v) is 6.06. The first-order valence-electron chi connectivity index (χ1n) is 9.68. The molecule has 0 atom stereocenters. The molecule has 2 aliphatic heterocycles. The molecule has 26 heavy (non-hydrogen) atoms. The van der Waals surface area contributed by atoms with Gasteiger partial charge in [-0.25, -0.2) is 0 Å². The third kappa shape index (κ3) is 3.43. The molecule has 1 spiro atoms. The van der Waals surface area contributed by atoms with Crippen LogP contribution in [-0.2, 0) is 17.9 Å². The molecule has 2 fully saturated rings. The maximum Gasteiger partial charge on any atom is 0.223 e. The fourth-order valence-electron chi connectivity index (χ4n) is 4.56. The van der Waals surface area contributed by atoms with Crippen LogP contribution in [0.25, 0.3) is 0 Å². The van der Waals surface area contributed by atoms with Gasteiger partial charge in [-0.1, -0.05) is 29.8 Å². The van der Waals surface area contributed by atoms with E-state index in [0.717, 1.165) is 57.0 Å². The maximum absolute atomic E-state index is 12.6. The highest BCUT2D eigenvalue weighted by molar-refractivity contribution is 5.79. The monoisotopic (exact) mass is 352 g/mol. The van der Waals surface area contributed by atoms with Gasteiger partial charge in [0.05, 0.1) is 6.54 Å². The van der Waals surface area contributed by atoms with Crippen LogP contribution in [0.3, 0.4) is 0 Å². The smallest absolute Gasteiger partial charge is 0.223 e. The molecule has 1 amide bonds. The summed E-state index contributed by atoms with van der Waals surface area (Å²) in [6.07, 6.45) is 3.82. The van der Waals surface area contributed by atoms with E-state index >= 15 is 0 Å². The van der Waals surface area contributed by atoms with E-state index in [1.807, 2.05) is 13.0 Å². The summed E-state index contributed by atoms with van der Waals surface area (Å²) in [5.41, 5.74) is 2.55. The van der Waals surface area contributed by atoms with Crippen LogP contribution in [0.15, 0.2) is 40.8 Å². The molecule has 1 aromatic heterocycles. The number of carbonyl (C=O) groups is 1. The molecule has 0 bridgehead atoms. The van der Waals surface area contributed by atoms with Gasteiger partial charge in [-0.3, -0.25) is 9.69 Å². The van der Waals surface area contributed by atoms with E-state index < -0.39 is 0 Å². The Morgan fingerprint density at radius 3 is 2.54 bits per heavy atom. The standard InChI is InChI=1S/C22H28N2O2/c1-17-4-3-5-19(14-17)15-24-21(25)8-9-22(24)10-12-23(13-11-22)16-20-7-6-18(2)26-20/h3-7,14H,8-13,15-16H2,1-2H3. The van der Waals surface area contributed by atoms with Crippen molar-refractivity contribution in [3.05, 3.63) is 59.0 Å². The quantitative estimate of drug-likeness (QED) is 0.833. The third-order valence-electron chi connectivity index (χ3n) is 6.06. The molecular formula is C22H28N2O2. The average Bonchev–Trinajstić information content (AvgIpc) is 3.16. The minimum absolute atomic E-state index is 0.0520. The molecule has 138 valence electrons. The highest BCUT2D eigenvalue weighted by Crippen LogP contribution is 2.40. The van der Waals surface area contributed by atoms with E-state index in [1.165, 1.54) is 11.1 Å².